The first-order valence-corrected chi connectivity index (χ1v) is 32.8. The number of unbranched alkanes of at least 4 members (excludes halogenated alkanes) is 24. The predicted molar refractivity (Wildman–Crippen MR) is 307 cm³/mol. The Kier molecular flexibility index (Phi) is 35.1. The average Bonchev–Trinajstić information content (AvgIpc) is 3.38. The molecule has 0 N–H and O–H groups in total. The molecule has 71 heavy (non-hydrogen) atoms. The van der Waals surface area contributed by atoms with Gasteiger partial charge in [-0.15, -0.1) is 0 Å². The monoisotopic (exact) mass is 1020 g/mol. The van der Waals surface area contributed by atoms with Gasteiger partial charge in [-0.05, 0) is 130 Å². The van der Waals surface area contributed by atoms with Crippen LogP contribution in [-0.2, 0) is 30.9 Å². The van der Waals surface area contributed by atoms with Gasteiger partial charge < -0.3 is 22.6 Å². The zero-order valence-corrected chi connectivity index (χ0v) is 48.8. The van der Waals surface area contributed by atoms with E-state index in [9.17, 15) is 0 Å². The van der Waals surface area contributed by atoms with Gasteiger partial charge in [0.05, 0.1) is 25.4 Å². The highest BCUT2D eigenvalue weighted by Crippen LogP contribution is 2.53. The lowest BCUT2D eigenvalue weighted by Crippen LogP contribution is -2.39. The normalized spacial score (nSPS) is 18.7. The molecule has 0 atom stereocenters. The molecule has 408 valence electrons. The summed E-state index contributed by atoms with van der Waals surface area (Å²) in [5, 5.41) is 0. The fourth-order valence-corrected chi connectivity index (χ4v) is 13.7. The van der Waals surface area contributed by atoms with Crippen molar-refractivity contribution in [2.45, 2.75) is 298 Å². The molecule has 0 aliphatic heterocycles. The molecule has 0 saturated heterocycles. The highest BCUT2D eigenvalue weighted by Gasteiger charge is 2.42. The number of hydrogen-bond donors (Lipinski definition) is 0. The molecule has 0 spiro atoms. The van der Waals surface area contributed by atoms with Crippen molar-refractivity contribution in [1.29, 1.82) is 0 Å². The summed E-state index contributed by atoms with van der Waals surface area (Å²) in [5.41, 5.74) is 2.81. The van der Waals surface area contributed by atoms with E-state index in [0.29, 0.717) is 11.8 Å². The first-order valence-electron chi connectivity index (χ1n) is 30.6. The summed E-state index contributed by atoms with van der Waals surface area (Å²) in [4.78, 5) is 0. The van der Waals surface area contributed by atoms with E-state index in [1.807, 2.05) is 0 Å². The van der Waals surface area contributed by atoms with Crippen LogP contribution in [0.4, 0.5) is 0 Å². The molecule has 0 unspecified atom stereocenters. The average molecular weight is 1030 g/mol. The van der Waals surface area contributed by atoms with Gasteiger partial charge in [0.15, 0.2) is 0 Å². The van der Waals surface area contributed by atoms with Crippen molar-refractivity contribution in [3.05, 3.63) is 59.7 Å². The Morgan fingerprint density at radius 3 is 1.06 bits per heavy atom. The summed E-state index contributed by atoms with van der Waals surface area (Å²) in [7, 11) is -2.94. The topological polar surface area (TPSA) is 55.4 Å². The molecule has 0 heterocycles. The molecule has 0 bridgehead atoms. The first-order chi connectivity index (χ1) is 34.9. The maximum Gasteiger partial charge on any atom is 0.463 e. The van der Waals surface area contributed by atoms with Gasteiger partial charge in [-0.2, -0.15) is 0 Å². The Labute approximate surface area is 441 Å². The summed E-state index contributed by atoms with van der Waals surface area (Å²) >= 11 is 0. The van der Waals surface area contributed by atoms with Crippen molar-refractivity contribution in [1.82, 2.24) is 0 Å². The highest BCUT2D eigenvalue weighted by molar-refractivity contribution is 7.42. The second-order valence-corrected chi connectivity index (χ2v) is 24.7. The lowest BCUT2D eigenvalue weighted by molar-refractivity contribution is 0.00529. The summed E-state index contributed by atoms with van der Waals surface area (Å²) in [6, 6.07) is 17.3. The van der Waals surface area contributed by atoms with Crippen LogP contribution in [0.25, 0.3) is 0 Å². The van der Waals surface area contributed by atoms with E-state index in [-0.39, 0.29) is 17.6 Å². The molecule has 2 aliphatic carbocycles. The number of benzene rings is 2. The third kappa shape index (κ3) is 26.9. The molecule has 0 amide bonds. The molecule has 8 heteroatoms. The molecule has 0 aromatic heterocycles. The van der Waals surface area contributed by atoms with E-state index in [1.165, 1.54) is 204 Å². The SMILES string of the molecule is CCCCCCCCCOP(OCCCCCCCCC)OC1CCC(C(C)(C)C2CCC(OP(Oc3ccccc3CCCCCCCCC)Oc3ccccc3CCCCCCCCC)CC2)CC1. The van der Waals surface area contributed by atoms with Crippen molar-refractivity contribution in [2.24, 2.45) is 17.3 Å². The largest absolute Gasteiger partial charge is 0.463 e. The van der Waals surface area contributed by atoms with Crippen LogP contribution in [0.15, 0.2) is 48.5 Å². The molecule has 2 aliphatic rings. The Balaban J connectivity index is 1.31. The number of aryl methyl sites for hydroxylation is 2. The van der Waals surface area contributed by atoms with Gasteiger partial charge in [0, 0.05) is 0 Å². The van der Waals surface area contributed by atoms with Gasteiger partial charge in [-0.25, -0.2) is 0 Å². The second kappa shape index (κ2) is 40.1. The smallest absolute Gasteiger partial charge is 0.417 e. The van der Waals surface area contributed by atoms with Crippen LogP contribution >= 0.6 is 17.2 Å². The second-order valence-electron chi connectivity index (χ2n) is 22.5. The molecule has 2 aromatic carbocycles. The predicted octanol–water partition coefficient (Wildman–Crippen LogP) is 21.9. The molecule has 2 saturated carbocycles. The van der Waals surface area contributed by atoms with E-state index in [4.69, 9.17) is 27.1 Å². The van der Waals surface area contributed by atoms with Gasteiger partial charge in [-0.3, -0.25) is 4.52 Å². The van der Waals surface area contributed by atoms with Gasteiger partial charge in [0.25, 0.3) is 0 Å². The Morgan fingerprint density at radius 1 is 0.380 bits per heavy atom. The van der Waals surface area contributed by atoms with Gasteiger partial charge in [0.2, 0.25) is 0 Å². The minimum Gasteiger partial charge on any atom is -0.417 e. The van der Waals surface area contributed by atoms with Crippen LogP contribution in [0.2, 0.25) is 0 Å². The maximum absolute atomic E-state index is 7.03. The van der Waals surface area contributed by atoms with Crippen molar-refractivity contribution >= 4 is 17.2 Å². The quantitative estimate of drug-likeness (QED) is 0.0487. The molecule has 4 rings (SSSR count). The van der Waals surface area contributed by atoms with Crippen LogP contribution in [0, 0.1) is 17.3 Å². The molecular weight excluding hydrogens is 915 g/mol. The summed E-state index contributed by atoms with van der Waals surface area (Å²) < 4.78 is 40.4. The van der Waals surface area contributed by atoms with Crippen LogP contribution < -0.4 is 9.05 Å². The molecule has 0 radical (unpaired) electrons. The summed E-state index contributed by atoms with van der Waals surface area (Å²) in [6.07, 6.45) is 47.8. The van der Waals surface area contributed by atoms with Crippen LogP contribution in [0.5, 0.6) is 11.5 Å². The van der Waals surface area contributed by atoms with E-state index in [0.717, 1.165) is 76.1 Å². The maximum atomic E-state index is 7.03. The summed E-state index contributed by atoms with van der Waals surface area (Å²) in [5.74, 6) is 3.23. The van der Waals surface area contributed by atoms with E-state index < -0.39 is 17.2 Å². The summed E-state index contributed by atoms with van der Waals surface area (Å²) in [6.45, 7) is 15.8. The molecule has 2 aromatic rings. The van der Waals surface area contributed by atoms with Crippen molar-refractivity contribution < 1.29 is 27.1 Å². The van der Waals surface area contributed by atoms with Gasteiger partial charge >= 0.3 is 17.2 Å². The number of hydrogen-bond acceptors (Lipinski definition) is 6. The minimum absolute atomic E-state index is 0.129. The number of para-hydroxylation sites is 2. The van der Waals surface area contributed by atoms with Crippen molar-refractivity contribution in [3.63, 3.8) is 0 Å². The van der Waals surface area contributed by atoms with Crippen LogP contribution in [0.1, 0.15) is 284 Å². The molecule has 2 fully saturated rings. The van der Waals surface area contributed by atoms with E-state index in [2.05, 4.69) is 90.1 Å². The lowest BCUT2D eigenvalue weighted by Gasteiger charge is -2.46. The Hall–Kier alpha value is -1.26. The van der Waals surface area contributed by atoms with Crippen molar-refractivity contribution in [3.8, 4) is 11.5 Å². The standard InChI is InChI=1S/C63H110O6P2/c1-7-11-15-19-23-27-31-39-55-41-33-35-43-61(55)68-71(69-62-44-36-34-42-56(62)40-32-28-24-20-16-12-8-2)67-60-51-47-58(48-52-60)63(5,6)57-45-49-59(50-46-57)66-70(64-53-37-29-25-21-17-13-9-3)65-54-38-30-26-22-18-14-10-4/h33-36,41-44,57-60H,7-32,37-40,45-54H2,1-6H3. The third-order valence-corrected chi connectivity index (χ3v) is 18.6. The van der Waals surface area contributed by atoms with Gasteiger partial charge in [-0.1, -0.05) is 232 Å². The highest BCUT2D eigenvalue weighted by atomic mass is 31.2. The zero-order chi connectivity index (χ0) is 50.5. The number of rotatable bonds is 44. The minimum atomic E-state index is -1.64. The van der Waals surface area contributed by atoms with Crippen LogP contribution in [0.3, 0.4) is 0 Å². The van der Waals surface area contributed by atoms with E-state index in [1.54, 1.807) is 0 Å². The van der Waals surface area contributed by atoms with E-state index >= 15 is 0 Å². The van der Waals surface area contributed by atoms with Crippen molar-refractivity contribution in [2.75, 3.05) is 13.2 Å². The molecular formula is C63H110O6P2. The fraction of sp³-hybridized carbons (Fsp3) is 0.810. The zero-order valence-electron chi connectivity index (χ0n) is 47.1. The molecule has 6 nitrogen and oxygen atoms in total. The fourth-order valence-electron chi connectivity index (χ4n) is 11.3. The Morgan fingerprint density at radius 2 is 0.690 bits per heavy atom. The van der Waals surface area contributed by atoms with Gasteiger partial charge in [0.1, 0.15) is 11.5 Å². The third-order valence-electron chi connectivity index (χ3n) is 16.2. The lowest BCUT2D eigenvalue weighted by atomic mass is 9.60. The first kappa shape index (κ1) is 62.3. The van der Waals surface area contributed by atoms with Crippen LogP contribution in [-0.4, -0.2) is 25.4 Å². The Bertz CT molecular complexity index is 1460.